The Labute approximate surface area is 136 Å². The number of nitrogens with two attached hydrogens (primary N) is 1. The molecule has 110 valence electrons. The van der Waals surface area contributed by atoms with Crippen molar-refractivity contribution in [3.63, 3.8) is 0 Å². The van der Waals surface area contributed by atoms with E-state index in [0.29, 0.717) is 5.76 Å². The standard InChI is InChI=1S/C15H12N4OS2/c16-15(21)19-18-9-11-6-7-13(20-11)22-12-5-1-3-10-4-2-8-17-14(10)12/h1-9H,(H3,16,19,21)/b18-9+. The molecule has 0 spiro atoms. The molecule has 3 N–H and O–H groups in total. The predicted molar refractivity (Wildman–Crippen MR) is 92.1 cm³/mol. The molecule has 0 amide bonds. The maximum atomic E-state index is 5.68. The van der Waals surface area contributed by atoms with Crippen LogP contribution in [0.2, 0.25) is 0 Å². The summed E-state index contributed by atoms with van der Waals surface area (Å²) in [6.07, 6.45) is 3.30. The highest BCUT2D eigenvalue weighted by molar-refractivity contribution is 7.99. The van der Waals surface area contributed by atoms with Crippen molar-refractivity contribution in [1.29, 1.82) is 0 Å². The van der Waals surface area contributed by atoms with Gasteiger partial charge in [-0.3, -0.25) is 10.4 Å². The number of hydrazone groups is 1. The van der Waals surface area contributed by atoms with Crippen LogP contribution in [0.15, 0.2) is 68.2 Å². The summed E-state index contributed by atoms with van der Waals surface area (Å²) < 4.78 is 5.68. The SMILES string of the molecule is NC(=S)N/N=C/c1ccc(Sc2cccc3cccnc23)o1. The first-order valence-electron chi connectivity index (χ1n) is 6.42. The molecule has 0 aliphatic carbocycles. The van der Waals surface area contributed by atoms with Gasteiger partial charge in [-0.25, -0.2) is 0 Å². The molecular formula is C15H12N4OS2. The third-order valence-electron chi connectivity index (χ3n) is 2.77. The lowest BCUT2D eigenvalue weighted by atomic mass is 10.2. The van der Waals surface area contributed by atoms with Gasteiger partial charge in [0.1, 0.15) is 5.76 Å². The van der Waals surface area contributed by atoms with E-state index in [-0.39, 0.29) is 5.11 Å². The highest BCUT2D eigenvalue weighted by Gasteiger charge is 2.07. The van der Waals surface area contributed by atoms with E-state index >= 15 is 0 Å². The van der Waals surface area contributed by atoms with Crippen LogP contribution in [0.25, 0.3) is 10.9 Å². The van der Waals surface area contributed by atoms with Gasteiger partial charge in [-0.15, -0.1) is 0 Å². The number of rotatable bonds is 4. The van der Waals surface area contributed by atoms with Gasteiger partial charge in [-0.1, -0.05) is 18.2 Å². The number of thiocarbonyl (C=S) groups is 1. The number of fused-ring (bicyclic) bond motifs is 1. The van der Waals surface area contributed by atoms with Gasteiger partial charge in [0.05, 0.1) is 11.7 Å². The van der Waals surface area contributed by atoms with Crippen LogP contribution in [0, 0.1) is 0 Å². The number of benzene rings is 1. The quantitative estimate of drug-likeness (QED) is 0.435. The van der Waals surface area contributed by atoms with E-state index in [1.165, 1.54) is 18.0 Å². The van der Waals surface area contributed by atoms with E-state index in [1.54, 1.807) is 6.20 Å². The van der Waals surface area contributed by atoms with Crippen LogP contribution in [0.1, 0.15) is 5.76 Å². The van der Waals surface area contributed by atoms with E-state index in [4.69, 9.17) is 10.2 Å². The van der Waals surface area contributed by atoms with Gasteiger partial charge in [0, 0.05) is 16.5 Å². The van der Waals surface area contributed by atoms with E-state index < -0.39 is 0 Å². The Morgan fingerprint density at radius 1 is 1.27 bits per heavy atom. The molecule has 2 heterocycles. The van der Waals surface area contributed by atoms with Gasteiger partial charge in [0.15, 0.2) is 10.2 Å². The number of furan rings is 1. The smallest absolute Gasteiger partial charge is 0.184 e. The number of aromatic nitrogens is 1. The first-order chi connectivity index (χ1) is 10.7. The molecule has 2 aromatic heterocycles. The average molecular weight is 328 g/mol. The van der Waals surface area contributed by atoms with Crippen molar-refractivity contribution in [1.82, 2.24) is 10.4 Å². The van der Waals surface area contributed by atoms with Gasteiger partial charge in [-0.2, -0.15) is 5.10 Å². The first kappa shape index (κ1) is 14.6. The van der Waals surface area contributed by atoms with Crippen molar-refractivity contribution in [2.75, 3.05) is 0 Å². The Morgan fingerprint density at radius 2 is 2.14 bits per heavy atom. The Balaban J connectivity index is 1.79. The molecular weight excluding hydrogens is 316 g/mol. The summed E-state index contributed by atoms with van der Waals surface area (Å²) >= 11 is 6.17. The summed E-state index contributed by atoms with van der Waals surface area (Å²) in [5.74, 6) is 0.611. The number of pyridine rings is 1. The van der Waals surface area contributed by atoms with Crippen molar-refractivity contribution in [2.45, 2.75) is 9.99 Å². The van der Waals surface area contributed by atoms with Gasteiger partial charge >= 0.3 is 0 Å². The molecule has 0 saturated heterocycles. The number of hydrogen-bond donors (Lipinski definition) is 2. The molecule has 0 unspecified atom stereocenters. The summed E-state index contributed by atoms with van der Waals surface area (Å²) in [7, 11) is 0. The second-order valence-corrected chi connectivity index (χ2v) is 5.81. The monoisotopic (exact) mass is 328 g/mol. The number of para-hydroxylation sites is 1. The Hall–Kier alpha value is -2.38. The largest absolute Gasteiger partial charge is 0.448 e. The lowest BCUT2D eigenvalue weighted by Gasteiger charge is -2.02. The lowest BCUT2D eigenvalue weighted by Crippen LogP contribution is -2.23. The Bertz CT molecular complexity index is 839. The molecule has 3 rings (SSSR count). The highest BCUT2D eigenvalue weighted by atomic mass is 32.2. The van der Waals surface area contributed by atoms with Gasteiger partial charge in [0.25, 0.3) is 0 Å². The Morgan fingerprint density at radius 3 is 3.00 bits per heavy atom. The summed E-state index contributed by atoms with van der Waals surface area (Å²) in [6.45, 7) is 0. The van der Waals surface area contributed by atoms with E-state index in [9.17, 15) is 0 Å². The molecule has 0 radical (unpaired) electrons. The maximum absolute atomic E-state index is 5.68. The van der Waals surface area contributed by atoms with Crippen LogP contribution in [-0.4, -0.2) is 16.3 Å². The van der Waals surface area contributed by atoms with Crippen LogP contribution >= 0.6 is 24.0 Å². The zero-order valence-electron chi connectivity index (χ0n) is 11.4. The van der Waals surface area contributed by atoms with Crippen molar-refractivity contribution >= 4 is 46.2 Å². The average Bonchev–Trinajstić information content (AvgIpc) is 2.95. The van der Waals surface area contributed by atoms with Crippen LogP contribution in [0.3, 0.4) is 0 Å². The predicted octanol–water partition coefficient (Wildman–Crippen LogP) is 3.15. The van der Waals surface area contributed by atoms with Crippen molar-refractivity contribution < 1.29 is 4.42 Å². The molecule has 5 nitrogen and oxygen atoms in total. The molecule has 1 aromatic carbocycles. The van der Waals surface area contributed by atoms with Crippen LogP contribution < -0.4 is 11.2 Å². The third kappa shape index (κ3) is 3.44. The number of hydrogen-bond acceptors (Lipinski definition) is 5. The van der Waals surface area contributed by atoms with Gasteiger partial charge in [-0.05, 0) is 48.2 Å². The molecule has 0 fully saturated rings. The second-order valence-electron chi connectivity index (χ2n) is 4.32. The van der Waals surface area contributed by atoms with Crippen LogP contribution in [0.4, 0.5) is 0 Å². The molecule has 7 heteroatoms. The maximum Gasteiger partial charge on any atom is 0.184 e. The van der Waals surface area contributed by atoms with E-state index in [1.807, 2.05) is 42.5 Å². The molecule has 0 saturated carbocycles. The molecule has 22 heavy (non-hydrogen) atoms. The van der Waals surface area contributed by atoms with Crippen LogP contribution in [0.5, 0.6) is 0 Å². The summed E-state index contributed by atoms with van der Waals surface area (Å²) in [5.41, 5.74) is 8.72. The van der Waals surface area contributed by atoms with Gasteiger partial charge in [0.2, 0.25) is 0 Å². The minimum Gasteiger partial charge on any atom is -0.448 e. The van der Waals surface area contributed by atoms with E-state index in [2.05, 4.69) is 27.7 Å². The minimum atomic E-state index is 0.110. The topological polar surface area (TPSA) is 76.4 Å². The molecule has 0 bridgehead atoms. The van der Waals surface area contributed by atoms with Crippen molar-refractivity contribution in [3.8, 4) is 0 Å². The molecule has 0 aliphatic rings. The summed E-state index contributed by atoms with van der Waals surface area (Å²) in [5, 5.41) is 5.82. The van der Waals surface area contributed by atoms with E-state index in [0.717, 1.165) is 20.9 Å². The summed E-state index contributed by atoms with van der Waals surface area (Å²) in [4.78, 5) is 5.47. The lowest BCUT2D eigenvalue weighted by molar-refractivity contribution is 0.469. The third-order valence-corrected chi connectivity index (χ3v) is 3.84. The number of nitrogens with one attached hydrogen (secondary N) is 1. The van der Waals surface area contributed by atoms with Gasteiger partial charge < -0.3 is 10.2 Å². The first-order valence-corrected chi connectivity index (χ1v) is 7.65. The van der Waals surface area contributed by atoms with Crippen molar-refractivity contribution in [3.05, 3.63) is 54.4 Å². The minimum absolute atomic E-state index is 0.110. The van der Waals surface area contributed by atoms with Crippen LogP contribution in [-0.2, 0) is 0 Å². The zero-order valence-corrected chi connectivity index (χ0v) is 13.0. The Kier molecular flexibility index (Phi) is 4.36. The fourth-order valence-electron chi connectivity index (χ4n) is 1.89. The summed E-state index contributed by atoms with van der Waals surface area (Å²) in [6, 6.07) is 13.7. The highest BCUT2D eigenvalue weighted by Crippen LogP contribution is 2.33. The fourth-order valence-corrected chi connectivity index (χ4v) is 2.84. The second kappa shape index (κ2) is 6.59. The zero-order chi connectivity index (χ0) is 15.4. The fraction of sp³-hybridized carbons (Fsp3) is 0. The number of nitrogens with zero attached hydrogens (tertiary/aromatic N) is 2. The molecule has 0 atom stereocenters. The van der Waals surface area contributed by atoms with Crippen molar-refractivity contribution in [2.24, 2.45) is 10.8 Å². The molecule has 0 aliphatic heterocycles. The molecule has 3 aromatic rings. The normalized spacial score (nSPS) is 11.1.